The fourth-order valence-corrected chi connectivity index (χ4v) is 4.00. The smallest absolute Gasteiger partial charge is 0.274 e. The van der Waals surface area contributed by atoms with Crippen molar-refractivity contribution in [2.24, 2.45) is 0 Å². The molecule has 26 heavy (non-hydrogen) atoms. The molecule has 0 saturated carbocycles. The van der Waals surface area contributed by atoms with E-state index in [2.05, 4.69) is 15.3 Å². The monoisotopic (exact) mass is 376 g/mol. The highest BCUT2D eigenvalue weighted by molar-refractivity contribution is 5.93. The Labute approximate surface area is 159 Å². The van der Waals surface area contributed by atoms with E-state index in [9.17, 15) is 4.79 Å². The van der Waals surface area contributed by atoms with Crippen LogP contribution in [0.5, 0.6) is 5.75 Å². The number of hydrogen-bond donors (Lipinski definition) is 1. The van der Waals surface area contributed by atoms with Crippen LogP contribution in [-0.4, -0.2) is 52.9 Å². The van der Waals surface area contributed by atoms with Gasteiger partial charge >= 0.3 is 0 Å². The highest BCUT2D eigenvalue weighted by atomic mass is 35.5. The van der Waals surface area contributed by atoms with Crippen LogP contribution in [-0.2, 0) is 0 Å². The topological polar surface area (TPSA) is 59.4 Å². The Morgan fingerprint density at radius 2 is 2.04 bits per heavy atom. The van der Waals surface area contributed by atoms with E-state index in [1.54, 1.807) is 11.8 Å². The number of aromatic nitrogens is 2. The summed E-state index contributed by atoms with van der Waals surface area (Å²) in [4.78, 5) is 15.1. The van der Waals surface area contributed by atoms with E-state index in [0.29, 0.717) is 17.8 Å². The van der Waals surface area contributed by atoms with Crippen molar-refractivity contribution in [3.8, 4) is 11.4 Å². The molecule has 1 aromatic carbocycles. The van der Waals surface area contributed by atoms with E-state index in [1.807, 2.05) is 37.4 Å². The van der Waals surface area contributed by atoms with Gasteiger partial charge in [0.05, 0.1) is 7.11 Å². The molecule has 0 spiro atoms. The van der Waals surface area contributed by atoms with Gasteiger partial charge in [-0.05, 0) is 56.5 Å². The summed E-state index contributed by atoms with van der Waals surface area (Å²) >= 11 is 0. The van der Waals surface area contributed by atoms with Gasteiger partial charge in [-0.25, -0.2) is 4.68 Å². The van der Waals surface area contributed by atoms with E-state index in [1.165, 1.54) is 0 Å². The van der Waals surface area contributed by atoms with Crippen LogP contribution < -0.4 is 10.1 Å². The van der Waals surface area contributed by atoms with Gasteiger partial charge in [0, 0.05) is 24.8 Å². The van der Waals surface area contributed by atoms with E-state index in [0.717, 1.165) is 49.4 Å². The first-order valence-electron chi connectivity index (χ1n) is 8.91. The number of benzene rings is 1. The lowest BCUT2D eigenvalue weighted by molar-refractivity contribution is 0.0673. The number of hydrogen-bond acceptors (Lipinski definition) is 4. The Bertz CT molecular complexity index is 778. The lowest BCUT2D eigenvalue weighted by Crippen LogP contribution is -2.42. The molecule has 1 aromatic heterocycles. The highest BCUT2D eigenvalue weighted by Gasteiger charge is 2.39. The molecular formula is C19H25ClN4O2. The van der Waals surface area contributed by atoms with Crippen LogP contribution in [0.2, 0.25) is 0 Å². The fourth-order valence-electron chi connectivity index (χ4n) is 4.00. The molecule has 7 heteroatoms. The molecule has 2 aromatic rings. The molecule has 2 bridgehead atoms. The van der Waals surface area contributed by atoms with Crippen LogP contribution >= 0.6 is 12.4 Å². The third kappa shape index (κ3) is 3.31. The van der Waals surface area contributed by atoms with Gasteiger partial charge in [0.25, 0.3) is 5.91 Å². The average molecular weight is 377 g/mol. The van der Waals surface area contributed by atoms with Gasteiger partial charge in [0.2, 0.25) is 0 Å². The fraction of sp³-hybridized carbons (Fsp3) is 0.474. The maximum atomic E-state index is 13.1. The number of aryl methyl sites for hydroxylation is 1. The van der Waals surface area contributed by atoms with Crippen molar-refractivity contribution in [2.45, 2.75) is 38.3 Å². The van der Waals surface area contributed by atoms with Crippen molar-refractivity contribution in [1.29, 1.82) is 0 Å². The van der Waals surface area contributed by atoms with Crippen LogP contribution in [0.4, 0.5) is 0 Å². The molecule has 2 aliphatic heterocycles. The van der Waals surface area contributed by atoms with Crippen molar-refractivity contribution < 1.29 is 9.53 Å². The van der Waals surface area contributed by atoms with Gasteiger partial charge in [-0.3, -0.25) is 4.79 Å². The third-order valence-electron chi connectivity index (χ3n) is 5.28. The van der Waals surface area contributed by atoms with Gasteiger partial charge in [0.15, 0.2) is 5.69 Å². The molecule has 2 aliphatic rings. The van der Waals surface area contributed by atoms with Gasteiger partial charge < -0.3 is 15.0 Å². The van der Waals surface area contributed by atoms with Crippen molar-refractivity contribution in [3.63, 3.8) is 0 Å². The predicted molar refractivity (Wildman–Crippen MR) is 103 cm³/mol. The Morgan fingerprint density at radius 1 is 1.23 bits per heavy atom. The summed E-state index contributed by atoms with van der Waals surface area (Å²) in [6.45, 7) is 3.90. The molecule has 2 fully saturated rings. The molecule has 1 amide bonds. The Morgan fingerprint density at radius 3 is 2.85 bits per heavy atom. The number of amides is 1. The molecule has 2 saturated heterocycles. The Hall–Kier alpha value is -2.05. The lowest BCUT2D eigenvalue weighted by atomic mass is 10.1. The van der Waals surface area contributed by atoms with Gasteiger partial charge in [-0.15, -0.1) is 12.4 Å². The minimum Gasteiger partial charge on any atom is -0.494 e. The number of fused-ring (bicyclic) bond motifs is 2. The number of carbonyl (C=O) groups is 1. The number of carbonyl (C=O) groups excluding carboxylic acids is 1. The van der Waals surface area contributed by atoms with Gasteiger partial charge in [-0.1, -0.05) is 6.07 Å². The summed E-state index contributed by atoms with van der Waals surface area (Å²) in [7, 11) is 1.64. The number of ether oxygens (including phenoxy) is 1. The number of nitrogens with zero attached hydrogens (tertiary/aromatic N) is 3. The van der Waals surface area contributed by atoms with E-state index < -0.39 is 0 Å². The second-order valence-electron chi connectivity index (χ2n) is 6.91. The van der Waals surface area contributed by atoms with Crippen molar-refractivity contribution in [3.05, 3.63) is 41.7 Å². The minimum atomic E-state index is 0. The zero-order valence-corrected chi connectivity index (χ0v) is 16.0. The highest BCUT2D eigenvalue weighted by Crippen LogP contribution is 2.30. The first-order valence-corrected chi connectivity index (χ1v) is 8.91. The number of halogens is 1. The second kappa shape index (κ2) is 7.68. The van der Waals surface area contributed by atoms with Crippen LogP contribution in [0, 0.1) is 6.92 Å². The SMILES string of the molecule is COc1ccc(C)cc1-n1ccc(C(=O)N2C3CCNCC2CC3)n1.Cl. The molecule has 2 atom stereocenters. The van der Waals surface area contributed by atoms with Crippen molar-refractivity contribution in [1.82, 2.24) is 20.0 Å². The summed E-state index contributed by atoms with van der Waals surface area (Å²) < 4.78 is 7.17. The maximum absolute atomic E-state index is 13.1. The molecule has 4 rings (SSSR count). The first kappa shape index (κ1) is 18.7. The van der Waals surface area contributed by atoms with E-state index >= 15 is 0 Å². The quantitative estimate of drug-likeness (QED) is 0.894. The molecule has 3 heterocycles. The summed E-state index contributed by atoms with van der Waals surface area (Å²) in [5, 5.41) is 7.99. The molecular weight excluding hydrogens is 352 g/mol. The van der Waals surface area contributed by atoms with E-state index in [4.69, 9.17) is 4.74 Å². The second-order valence-corrected chi connectivity index (χ2v) is 6.91. The number of rotatable bonds is 3. The van der Waals surface area contributed by atoms with Gasteiger partial charge in [-0.2, -0.15) is 5.10 Å². The standard InChI is InChI=1S/C19H24N4O2.ClH/c1-13-3-6-18(25-2)17(11-13)22-10-8-16(21-22)19(24)23-14-4-5-15(23)12-20-9-7-14;/h3,6,8,10-11,14-15,20H,4-5,7,9,12H2,1-2H3;1H. The van der Waals surface area contributed by atoms with Crippen molar-refractivity contribution in [2.75, 3.05) is 20.2 Å². The number of nitrogens with one attached hydrogen (secondary N) is 1. The molecule has 6 nitrogen and oxygen atoms in total. The van der Waals surface area contributed by atoms with Crippen LogP contribution in [0.15, 0.2) is 30.5 Å². The molecule has 0 aliphatic carbocycles. The normalized spacial score (nSPS) is 21.8. The van der Waals surface area contributed by atoms with Crippen LogP contribution in [0.3, 0.4) is 0 Å². The first-order chi connectivity index (χ1) is 12.2. The van der Waals surface area contributed by atoms with E-state index in [-0.39, 0.29) is 18.3 Å². The Balaban J connectivity index is 0.00000196. The maximum Gasteiger partial charge on any atom is 0.274 e. The van der Waals surface area contributed by atoms with Crippen LogP contribution in [0.25, 0.3) is 5.69 Å². The summed E-state index contributed by atoms with van der Waals surface area (Å²) in [6, 6.07) is 8.38. The van der Waals surface area contributed by atoms with Gasteiger partial charge in [0.1, 0.15) is 11.4 Å². The van der Waals surface area contributed by atoms with Crippen molar-refractivity contribution >= 4 is 18.3 Å². The number of methoxy groups -OCH3 is 1. The minimum absolute atomic E-state index is 0. The summed E-state index contributed by atoms with van der Waals surface area (Å²) in [5.74, 6) is 0.785. The largest absolute Gasteiger partial charge is 0.494 e. The summed E-state index contributed by atoms with van der Waals surface area (Å²) in [5.41, 5.74) is 2.47. The third-order valence-corrected chi connectivity index (χ3v) is 5.28. The predicted octanol–water partition coefficient (Wildman–Crippen LogP) is 2.58. The lowest BCUT2D eigenvalue weighted by Gasteiger charge is -2.27. The summed E-state index contributed by atoms with van der Waals surface area (Å²) in [6.07, 6.45) is 5.04. The van der Waals surface area contributed by atoms with Crippen LogP contribution in [0.1, 0.15) is 35.3 Å². The molecule has 1 N–H and O–H groups in total. The molecule has 140 valence electrons. The zero-order chi connectivity index (χ0) is 17.4. The zero-order valence-electron chi connectivity index (χ0n) is 15.1. The molecule has 0 radical (unpaired) electrons. The average Bonchev–Trinajstić information content (AvgIpc) is 3.18. The molecule has 2 unspecified atom stereocenters. The Kier molecular flexibility index (Phi) is 5.53.